The molecule has 11 heteroatoms. The number of carboxylic acids is 1. The SMILES string of the molecule is CCCc1nc(CN(Cc2ccccc2)C(=O)OCC(C)C)c(C(=O)O)n1Cc1ccc(-c2ccccc2-c2nn[nH]n2)cc1. The van der Waals surface area contributed by atoms with E-state index in [1.165, 1.54) is 4.90 Å². The average Bonchev–Trinajstić information content (AvgIpc) is 3.69. The third-order valence-corrected chi connectivity index (χ3v) is 7.27. The molecule has 0 saturated heterocycles. The number of hydrogen-bond donors (Lipinski definition) is 2. The number of imidazole rings is 1. The number of ether oxygens (including phenoxy) is 1. The van der Waals surface area contributed by atoms with Crippen LogP contribution >= 0.6 is 0 Å². The maximum absolute atomic E-state index is 13.2. The van der Waals surface area contributed by atoms with Gasteiger partial charge in [0, 0.05) is 25.1 Å². The first-order valence-electron chi connectivity index (χ1n) is 15.0. The molecule has 0 unspecified atom stereocenters. The largest absolute Gasteiger partial charge is 0.477 e. The molecule has 3 aromatic carbocycles. The van der Waals surface area contributed by atoms with Crippen LogP contribution in [0.25, 0.3) is 22.5 Å². The number of aromatic carboxylic acids is 1. The van der Waals surface area contributed by atoms with Gasteiger partial charge in [-0.25, -0.2) is 14.6 Å². The second-order valence-corrected chi connectivity index (χ2v) is 11.3. The van der Waals surface area contributed by atoms with Crippen LogP contribution in [0.1, 0.15) is 60.3 Å². The summed E-state index contributed by atoms with van der Waals surface area (Å²) in [5.41, 5.74) is 4.99. The Morgan fingerprint density at radius 1 is 0.933 bits per heavy atom. The van der Waals surface area contributed by atoms with E-state index in [1.807, 2.05) is 99.6 Å². The third-order valence-electron chi connectivity index (χ3n) is 7.27. The van der Waals surface area contributed by atoms with Gasteiger partial charge in [-0.1, -0.05) is 99.6 Å². The zero-order valence-electron chi connectivity index (χ0n) is 25.7. The van der Waals surface area contributed by atoms with Crippen molar-refractivity contribution in [3.63, 3.8) is 0 Å². The van der Waals surface area contributed by atoms with Crippen LogP contribution in [-0.2, 0) is 30.8 Å². The monoisotopic (exact) mass is 607 g/mol. The Hall–Kier alpha value is -5.32. The van der Waals surface area contributed by atoms with Crippen molar-refractivity contribution in [1.29, 1.82) is 0 Å². The molecule has 0 radical (unpaired) electrons. The van der Waals surface area contributed by atoms with Crippen LogP contribution in [0.4, 0.5) is 4.79 Å². The minimum absolute atomic E-state index is 0.00295. The van der Waals surface area contributed by atoms with Gasteiger partial charge in [0.15, 0.2) is 5.69 Å². The summed E-state index contributed by atoms with van der Waals surface area (Å²) in [5.74, 6) is 0.231. The van der Waals surface area contributed by atoms with Crippen LogP contribution in [0.15, 0.2) is 78.9 Å². The van der Waals surface area contributed by atoms with E-state index in [-0.39, 0.29) is 31.3 Å². The molecule has 1 amide bonds. The Balaban J connectivity index is 1.45. The standard InChI is InChI=1S/C34H37N7O4/c1-4-10-30-35-29(21-40(34(44)45-22-23(2)3)19-24-11-6-5-7-12-24)31(33(42)43)41(30)20-25-15-17-26(18-16-25)27-13-8-9-14-28(27)32-36-38-39-37-32/h5-9,11-18,23H,4,10,19-22H2,1-3H3,(H,42,43)(H,36,37,38,39). The highest BCUT2D eigenvalue weighted by molar-refractivity contribution is 5.87. The molecule has 5 rings (SSSR count). The predicted octanol–water partition coefficient (Wildman–Crippen LogP) is 6.22. The normalized spacial score (nSPS) is 11.1. The van der Waals surface area contributed by atoms with Crippen molar-refractivity contribution in [2.24, 2.45) is 5.92 Å². The summed E-state index contributed by atoms with van der Waals surface area (Å²) in [6.45, 7) is 6.81. The molecule has 2 N–H and O–H groups in total. The molecule has 0 aliphatic rings. The number of carboxylic acid groups (broad SMARTS) is 1. The highest BCUT2D eigenvalue weighted by atomic mass is 16.6. The van der Waals surface area contributed by atoms with Crippen LogP contribution in [0.3, 0.4) is 0 Å². The second kappa shape index (κ2) is 14.4. The summed E-state index contributed by atoms with van der Waals surface area (Å²) >= 11 is 0. The van der Waals surface area contributed by atoms with Crippen LogP contribution in [0.5, 0.6) is 0 Å². The number of carbonyl (C=O) groups excluding carboxylic acids is 1. The average molecular weight is 608 g/mol. The second-order valence-electron chi connectivity index (χ2n) is 11.3. The molecule has 11 nitrogen and oxygen atoms in total. The Labute approximate surface area is 261 Å². The van der Waals surface area contributed by atoms with Gasteiger partial charge in [0.2, 0.25) is 5.82 Å². The van der Waals surface area contributed by atoms with Crippen molar-refractivity contribution in [1.82, 2.24) is 35.1 Å². The Bertz CT molecular complexity index is 1720. The summed E-state index contributed by atoms with van der Waals surface area (Å²) in [7, 11) is 0. The first-order valence-corrected chi connectivity index (χ1v) is 15.0. The number of amides is 1. The minimum Gasteiger partial charge on any atom is -0.477 e. The number of aromatic amines is 1. The third kappa shape index (κ3) is 7.61. The van der Waals surface area contributed by atoms with E-state index >= 15 is 0 Å². The number of nitrogens with zero attached hydrogens (tertiary/aromatic N) is 6. The molecule has 0 aliphatic heterocycles. The van der Waals surface area contributed by atoms with Gasteiger partial charge in [-0.2, -0.15) is 5.21 Å². The number of rotatable bonds is 13. The van der Waals surface area contributed by atoms with Gasteiger partial charge in [0.1, 0.15) is 5.82 Å². The van der Waals surface area contributed by atoms with Gasteiger partial charge in [0.25, 0.3) is 0 Å². The number of benzene rings is 3. The van der Waals surface area contributed by atoms with Crippen LogP contribution in [-0.4, -0.2) is 58.9 Å². The number of hydrogen-bond acceptors (Lipinski definition) is 7. The predicted molar refractivity (Wildman–Crippen MR) is 169 cm³/mol. The molecule has 232 valence electrons. The molecule has 0 bridgehead atoms. The van der Waals surface area contributed by atoms with Crippen molar-refractivity contribution in [3.05, 3.63) is 107 Å². The quantitative estimate of drug-likeness (QED) is 0.161. The summed E-state index contributed by atoms with van der Waals surface area (Å²) in [5, 5.41) is 24.9. The van der Waals surface area contributed by atoms with Crippen molar-refractivity contribution in [2.75, 3.05) is 6.61 Å². The molecule has 0 saturated carbocycles. The lowest BCUT2D eigenvalue weighted by atomic mass is 9.98. The number of H-pyrrole nitrogens is 1. The van der Waals surface area contributed by atoms with Gasteiger partial charge in [-0.15, -0.1) is 10.2 Å². The number of aryl methyl sites for hydroxylation is 1. The summed E-state index contributed by atoms with van der Waals surface area (Å²) in [6, 6.07) is 25.3. The summed E-state index contributed by atoms with van der Waals surface area (Å²) in [6.07, 6.45) is 0.866. The molecule has 5 aromatic rings. The van der Waals surface area contributed by atoms with E-state index in [0.717, 1.165) is 34.2 Å². The van der Waals surface area contributed by atoms with E-state index in [2.05, 4.69) is 20.6 Å². The summed E-state index contributed by atoms with van der Waals surface area (Å²) < 4.78 is 7.32. The zero-order chi connectivity index (χ0) is 31.8. The van der Waals surface area contributed by atoms with Crippen molar-refractivity contribution in [2.45, 2.75) is 53.2 Å². The molecule has 0 fully saturated rings. The number of carbonyl (C=O) groups is 2. The minimum atomic E-state index is -1.10. The van der Waals surface area contributed by atoms with Crippen molar-refractivity contribution in [3.8, 4) is 22.5 Å². The summed E-state index contributed by atoms with van der Waals surface area (Å²) in [4.78, 5) is 32.3. The van der Waals surface area contributed by atoms with E-state index in [1.54, 1.807) is 4.57 Å². The molecule has 0 spiro atoms. The maximum atomic E-state index is 13.2. The lowest BCUT2D eigenvalue weighted by Crippen LogP contribution is -2.32. The van der Waals surface area contributed by atoms with Gasteiger partial charge in [0.05, 0.1) is 18.8 Å². The van der Waals surface area contributed by atoms with E-state index in [0.29, 0.717) is 30.3 Å². The fourth-order valence-electron chi connectivity index (χ4n) is 5.16. The lowest BCUT2D eigenvalue weighted by molar-refractivity contribution is 0.0676. The van der Waals surface area contributed by atoms with E-state index in [4.69, 9.17) is 9.72 Å². The van der Waals surface area contributed by atoms with E-state index in [9.17, 15) is 14.7 Å². The number of aromatic nitrogens is 6. The van der Waals surface area contributed by atoms with Crippen LogP contribution in [0.2, 0.25) is 0 Å². The molecule has 0 atom stereocenters. The Kier molecular flexibility index (Phi) is 9.98. The van der Waals surface area contributed by atoms with Gasteiger partial charge < -0.3 is 14.4 Å². The Morgan fingerprint density at radius 2 is 1.64 bits per heavy atom. The smallest absolute Gasteiger partial charge is 0.410 e. The van der Waals surface area contributed by atoms with E-state index < -0.39 is 12.1 Å². The highest BCUT2D eigenvalue weighted by Crippen LogP contribution is 2.30. The lowest BCUT2D eigenvalue weighted by Gasteiger charge is -2.22. The molecule has 2 aromatic heterocycles. The number of nitrogens with one attached hydrogen (secondary N) is 1. The maximum Gasteiger partial charge on any atom is 0.410 e. The molecule has 2 heterocycles. The Morgan fingerprint density at radius 3 is 2.29 bits per heavy atom. The topological polar surface area (TPSA) is 139 Å². The first-order chi connectivity index (χ1) is 21.8. The zero-order valence-corrected chi connectivity index (χ0v) is 25.7. The van der Waals surface area contributed by atoms with Crippen LogP contribution < -0.4 is 0 Å². The van der Waals surface area contributed by atoms with Crippen molar-refractivity contribution >= 4 is 12.1 Å². The molecule has 0 aliphatic carbocycles. The van der Waals surface area contributed by atoms with Gasteiger partial charge >= 0.3 is 12.1 Å². The number of tetrazole rings is 1. The van der Waals surface area contributed by atoms with Gasteiger partial charge in [-0.3, -0.25) is 4.90 Å². The molecular weight excluding hydrogens is 570 g/mol. The first kappa shape index (κ1) is 31.1. The van der Waals surface area contributed by atoms with Gasteiger partial charge in [-0.05, 0) is 39.8 Å². The molecule has 45 heavy (non-hydrogen) atoms. The fraction of sp³-hybridized carbons (Fsp3) is 0.294. The highest BCUT2D eigenvalue weighted by Gasteiger charge is 2.27. The van der Waals surface area contributed by atoms with Crippen molar-refractivity contribution < 1.29 is 19.4 Å². The van der Waals surface area contributed by atoms with Crippen LogP contribution in [0, 0.1) is 5.92 Å². The fourth-order valence-corrected chi connectivity index (χ4v) is 5.16. The molecular formula is C34H37N7O4.